The van der Waals surface area contributed by atoms with E-state index in [1.165, 1.54) is 0 Å². The van der Waals surface area contributed by atoms with Gasteiger partial charge < -0.3 is 9.30 Å². The molecule has 0 saturated heterocycles. The van der Waals surface area contributed by atoms with Gasteiger partial charge in [-0.05, 0) is 45.3 Å². The number of aryl methyl sites for hydroxylation is 2. The Kier molecular flexibility index (Phi) is 8.23. The molecule has 5 nitrogen and oxygen atoms in total. The first-order valence-corrected chi connectivity index (χ1v) is 8.76. The predicted molar refractivity (Wildman–Crippen MR) is 94.2 cm³/mol. The van der Waals surface area contributed by atoms with Gasteiger partial charge in [-0.3, -0.25) is 14.2 Å². The third-order valence-corrected chi connectivity index (χ3v) is 4.19. The first-order chi connectivity index (χ1) is 10.9. The number of carbonyl (C=O) groups excluding carboxylic acids is 1. The van der Waals surface area contributed by atoms with Gasteiger partial charge in [0.1, 0.15) is 0 Å². The van der Waals surface area contributed by atoms with Crippen LogP contribution >= 0.6 is 12.2 Å². The van der Waals surface area contributed by atoms with Gasteiger partial charge in [0.25, 0.3) is 5.56 Å². The molecule has 0 bridgehead atoms. The fourth-order valence-electron chi connectivity index (χ4n) is 2.32. The lowest BCUT2D eigenvalue weighted by Crippen LogP contribution is -2.26. The Hall–Kier alpha value is -1.43. The van der Waals surface area contributed by atoms with Crippen LogP contribution in [0.2, 0.25) is 0 Å². The molecule has 0 saturated carbocycles. The highest BCUT2D eigenvalue weighted by molar-refractivity contribution is 7.71. The largest absolute Gasteiger partial charge is 0.465 e. The SMILES string of the molecule is CCn1c(=O)c(C)cn(CCCCCCOC(=O)C(C)C)c1=S. The lowest BCUT2D eigenvalue weighted by molar-refractivity contribution is -0.147. The van der Waals surface area contributed by atoms with Crippen LogP contribution in [0.4, 0.5) is 0 Å². The third kappa shape index (κ3) is 5.94. The van der Waals surface area contributed by atoms with Crippen LogP contribution in [0.3, 0.4) is 0 Å². The molecule has 0 amide bonds. The van der Waals surface area contributed by atoms with E-state index in [9.17, 15) is 9.59 Å². The molecular weight excluding hydrogens is 312 g/mol. The number of esters is 1. The number of hydrogen-bond donors (Lipinski definition) is 0. The summed E-state index contributed by atoms with van der Waals surface area (Å²) in [6.45, 7) is 9.33. The summed E-state index contributed by atoms with van der Waals surface area (Å²) in [5.41, 5.74) is 0.724. The van der Waals surface area contributed by atoms with Crippen LogP contribution in [0.1, 0.15) is 52.0 Å². The summed E-state index contributed by atoms with van der Waals surface area (Å²) < 4.78 is 9.35. The zero-order valence-electron chi connectivity index (χ0n) is 14.6. The van der Waals surface area contributed by atoms with Gasteiger partial charge in [-0.25, -0.2) is 0 Å². The first-order valence-electron chi connectivity index (χ1n) is 8.36. The second-order valence-electron chi connectivity index (χ2n) is 6.07. The number of hydrogen-bond acceptors (Lipinski definition) is 4. The minimum Gasteiger partial charge on any atom is -0.465 e. The molecule has 0 atom stereocenters. The van der Waals surface area contributed by atoms with Crippen LogP contribution in [-0.2, 0) is 22.6 Å². The highest BCUT2D eigenvalue weighted by Crippen LogP contribution is 2.05. The maximum Gasteiger partial charge on any atom is 0.308 e. The summed E-state index contributed by atoms with van der Waals surface area (Å²) in [4.78, 5) is 23.3. The Morgan fingerprint density at radius 1 is 1.26 bits per heavy atom. The van der Waals surface area contributed by atoms with Crippen molar-refractivity contribution < 1.29 is 9.53 Å². The molecule has 0 fully saturated rings. The maximum absolute atomic E-state index is 12.0. The molecule has 1 heterocycles. The van der Waals surface area contributed by atoms with Crippen LogP contribution in [-0.4, -0.2) is 21.7 Å². The summed E-state index contributed by atoms with van der Waals surface area (Å²) in [6.07, 6.45) is 5.79. The molecule has 1 aromatic heterocycles. The molecular formula is C17H28N2O3S. The van der Waals surface area contributed by atoms with Crippen molar-refractivity contribution in [2.75, 3.05) is 6.61 Å². The average molecular weight is 340 g/mol. The Morgan fingerprint density at radius 3 is 2.52 bits per heavy atom. The predicted octanol–water partition coefficient (Wildman–Crippen LogP) is 3.47. The zero-order valence-corrected chi connectivity index (χ0v) is 15.4. The number of aromatic nitrogens is 2. The van der Waals surface area contributed by atoms with Gasteiger partial charge in [-0.15, -0.1) is 0 Å². The molecule has 6 heteroatoms. The van der Waals surface area contributed by atoms with Crippen molar-refractivity contribution in [2.24, 2.45) is 5.92 Å². The molecule has 0 aromatic carbocycles. The number of ether oxygens (including phenoxy) is 1. The molecule has 0 unspecified atom stereocenters. The van der Waals surface area contributed by atoms with Crippen molar-refractivity contribution in [3.63, 3.8) is 0 Å². The lowest BCUT2D eigenvalue weighted by Gasteiger charge is -2.12. The Bertz CT molecular complexity index is 632. The average Bonchev–Trinajstić information content (AvgIpc) is 2.51. The van der Waals surface area contributed by atoms with Crippen LogP contribution in [0, 0.1) is 17.6 Å². The number of nitrogens with zero attached hydrogens (tertiary/aromatic N) is 2. The van der Waals surface area contributed by atoms with E-state index in [-0.39, 0.29) is 17.4 Å². The van der Waals surface area contributed by atoms with E-state index in [0.717, 1.165) is 37.8 Å². The van der Waals surface area contributed by atoms with Crippen molar-refractivity contribution in [2.45, 2.75) is 66.5 Å². The minimum absolute atomic E-state index is 0.000665. The molecule has 1 aromatic rings. The normalized spacial score (nSPS) is 11.0. The van der Waals surface area contributed by atoms with E-state index in [4.69, 9.17) is 17.0 Å². The summed E-state index contributed by atoms with van der Waals surface area (Å²) in [6, 6.07) is 0. The minimum atomic E-state index is -0.131. The smallest absolute Gasteiger partial charge is 0.308 e. The Balaban J connectivity index is 2.37. The third-order valence-electron chi connectivity index (χ3n) is 3.73. The molecule has 23 heavy (non-hydrogen) atoms. The highest BCUT2D eigenvalue weighted by Gasteiger charge is 2.07. The standard InChI is InChI=1S/C17H28N2O3S/c1-5-19-15(20)14(4)12-18(17(19)23)10-8-6-7-9-11-22-16(21)13(2)3/h12-13H,5-11H2,1-4H3. The van der Waals surface area contributed by atoms with E-state index in [1.54, 1.807) is 4.57 Å². The second-order valence-corrected chi connectivity index (χ2v) is 6.44. The van der Waals surface area contributed by atoms with Gasteiger partial charge in [0.05, 0.1) is 12.5 Å². The topological polar surface area (TPSA) is 53.2 Å². The van der Waals surface area contributed by atoms with Gasteiger partial charge in [0, 0.05) is 24.8 Å². The van der Waals surface area contributed by atoms with Crippen molar-refractivity contribution >= 4 is 18.2 Å². The fraction of sp³-hybridized carbons (Fsp3) is 0.706. The van der Waals surface area contributed by atoms with E-state index in [0.29, 0.717) is 17.9 Å². The van der Waals surface area contributed by atoms with Crippen LogP contribution in [0.25, 0.3) is 0 Å². The molecule has 0 N–H and O–H groups in total. The molecule has 0 spiro atoms. The van der Waals surface area contributed by atoms with Crippen LogP contribution < -0.4 is 5.56 Å². The van der Waals surface area contributed by atoms with Crippen molar-refractivity contribution in [1.82, 2.24) is 9.13 Å². The van der Waals surface area contributed by atoms with E-state index in [1.807, 2.05) is 38.5 Å². The Morgan fingerprint density at radius 2 is 1.91 bits per heavy atom. The second kappa shape index (κ2) is 9.65. The molecule has 0 aliphatic heterocycles. The fourth-order valence-corrected chi connectivity index (χ4v) is 2.67. The molecule has 130 valence electrons. The van der Waals surface area contributed by atoms with Crippen molar-refractivity contribution in [3.8, 4) is 0 Å². The molecule has 0 aliphatic rings. The Labute approximate surface area is 143 Å². The van der Waals surface area contributed by atoms with Gasteiger partial charge >= 0.3 is 5.97 Å². The molecule has 1 rings (SSSR count). The first kappa shape index (κ1) is 19.6. The summed E-state index contributed by atoms with van der Waals surface area (Å²) >= 11 is 5.38. The highest BCUT2D eigenvalue weighted by atomic mass is 32.1. The maximum atomic E-state index is 12.0. The van der Waals surface area contributed by atoms with E-state index >= 15 is 0 Å². The number of unbranched alkanes of at least 4 members (excludes halogenated alkanes) is 3. The van der Waals surface area contributed by atoms with E-state index in [2.05, 4.69) is 0 Å². The quantitative estimate of drug-likeness (QED) is 0.392. The van der Waals surface area contributed by atoms with Crippen molar-refractivity contribution in [3.05, 3.63) is 26.9 Å². The summed E-state index contributed by atoms with van der Waals surface area (Å²) in [5.74, 6) is -0.192. The summed E-state index contributed by atoms with van der Waals surface area (Å²) in [7, 11) is 0. The van der Waals surface area contributed by atoms with E-state index < -0.39 is 0 Å². The number of rotatable bonds is 9. The zero-order chi connectivity index (χ0) is 17.4. The van der Waals surface area contributed by atoms with Crippen LogP contribution in [0.5, 0.6) is 0 Å². The van der Waals surface area contributed by atoms with Crippen molar-refractivity contribution in [1.29, 1.82) is 0 Å². The van der Waals surface area contributed by atoms with Gasteiger partial charge in [-0.1, -0.05) is 20.3 Å². The van der Waals surface area contributed by atoms with Gasteiger partial charge in [-0.2, -0.15) is 0 Å². The number of carbonyl (C=O) groups is 1. The van der Waals surface area contributed by atoms with Crippen LogP contribution in [0.15, 0.2) is 11.0 Å². The van der Waals surface area contributed by atoms with Gasteiger partial charge in [0.15, 0.2) is 4.77 Å². The van der Waals surface area contributed by atoms with Gasteiger partial charge in [0.2, 0.25) is 0 Å². The lowest BCUT2D eigenvalue weighted by atomic mass is 10.2. The monoisotopic (exact) mass is 340 g/mol. The molecule has 0 aliphatic carbocycles. The summed E-state index contributed by atoms with van der Waals surface area (Å²) in [5, 5.41) is 0. The molecule has 0 radical (unpaired) electrons.